The average Bonchev–Trinajstić information content (AvgIpc) is 2.96. The summed E-state index contributed by atoms with van der Waals surface area (Å²) in [6.45, 7) is 18.9. The molecule has 1 aliphatic rings. The monoisotopic (exact) mass is 514 g/mol. The van der Waals surface area contributed by atoms with E-state index in [-0.39, 0.29) is 12.7 Å². The molecule has 184 valence electrons. The molecule has 0 spiro atoms. The summed E-state index contributed by atoms with van der Waals surface area (Å²) in [7, 11) is -7.66. The molecule has 3 atom stereocenters. The average molecular weight is 515 g/mol. The Labute approximate surface area is 191 Å². The normalized spacial score (nSPS) is 21.3. The number of hydrogen-bond acceptors (Lipinski definition) is 9. The fourth-order valence-corrected chi connectivity index (χ4v) is 19.6. The van der Waals surface area contributed by atoms with E-state index in [1.54, 1.807) is 7.11 Å². The molecule has 1 heterocycles. The van der Waals surface area contributed by atoms with Gasteiger partial charge in [0.25, 0.3) is 0 Å². The summed E-state index contributed by atoms with van der Waals surface area (Å²) in [5.41, 5.74) is 0. The van der Waals surface area contributed by atoms with Gasteiger partial charge in [0.05, 0.1) is 19.8 Å². The molecule has 13 heteroatoms. The summed E-state index contributed by atoms with van der Waals surface area (Å²) in [5.74, 6) is 0. The number of hydrogen-bond donors (Lipinski definition) is 0. The Bertz CT molecular complexity index is 555. The molecule has 9 nitrogen and oxygen atoms in total. The van der Waals surface area contributed by atoms with Crippen molar-refractivity contribution in [3.05, 3.63) is 0 Å². The van der Waals surface area contributed by atoms with Gasteiger partial charge in [-0.05, 0) is 58.3 Å². The molecular formula is C18H42O9Si4. The molecule has 0 bridgehead atoms. The standard InChI is InChI=1S/C18H42O9Si4/c1-20-12-13-23-31(9,26-29(5,6)7)27-30(8,25-28(2,3)4)14-10-11-21-15-17-16-22-18(19)24-17/h17H,10-16H2,1-9H3. The minimum absolute atomic E-state index is 0.240. The van der Waals surface area contributed by atoms with Gasteiger partial charge in [-0.3, -0.25) is 0 Å². The predicted molar refractivity (Wildman–Crippen MR) is 127 cm³/mol. The summed E-state index contributed by atoms with van der Waals surface area (Å²) in [4.78, 5) is 11.0. The Morgan fingerprint density at radius 1 is 0.903 bits per heavy atom. The van der Waals surface area contributed by atoms with Crippen molar-refractivity contribution in [2.75, 3.05) is 40.1 Å². The van der Waals surface area contributed by atoms with E-state index in [1.807, 2.05) is 6.55 Å². The number of carbonyl (C=O) groups excluding carboxylic acids is 1. The highest BCUT2D eigenvalue weighted by Crippen LogP contribution is 2.28. The van der Waals surface area contributed by atoms with Crippen LogP contribution < -0.4 is 0 Å². The van der Waals surface area contributed by atoms with Gasteiger partial charge in [-0.1, -0.05) is 0 Å². The second-order valence-electron chi connectivity index (χ2n) is 9.85. The van der Waals surface area contributed by atoms with E-state index in [1.165, 1.54) is 0 Å². The van der Waals surface area contributed by atoms with Crippen molar-refractivity contribution in [2.24, 2.45) is 0 Å². The van der Waals surface area contributed by atoms with Crippen molar-refractivity contribution in [1.82, 2.24) is 0 Å². The molecule has 0 amide bonds. The maximum atomic E-state index is 11.0. The summed E-state index contributed by atoms with van der Waals surface area (Å²) in [5, 5.41) is 0. The zero-order valence-electron chi connectivity index (χ0n) is 20.7. The number of cyclic esters (lactones) is 2. The van der Waals surface area contributed by atoms with Crippen LogP contribution >= 0.6 is 0 Å². The SMILES string of the molecule is COCCO[Si](C)(O[Si](C)(C)C)O[Si](C)(CCCOCC1COC(=O)O1)O[Si](C)(C)C. The third-order valence-corrected chi connectivity index (χ3v) is 17.2. The van der Waals surface area contributed by atoms with Crippen LogP contribution in [0.4, 0.5) is 4.79 Å². The smallest absolute Gasteiger partial charge is 0.437 e. The van der Waals surface area contributed by atoms with Crippen LogP contribution in [0.25, 0.3) is 0 Å². The third kappa shape index (κ3) is 13.3. The van der Waals surface area contributed by atoms with Gasteiger partial charge in [-0.2, -0.15) is 0 Å². The van der Waals surface area contributed by atoms with Crippen LogP contribution in [-0.4, -0.2) is 86.4 Å². The largest absolute Gasteiger partial charge is 0.508 e. The van der Waals surface area contributed by atoms with E-state index >= 15 is 0 Å². The van der Waals surface area contributed by atoms with E-state index < -0.39 is 40.2 Å². The number of rotatable bonds is 16. The minimum Gasteiger partial charge on any atom is -0.437 e. The van der Waals surface area contributed by atoms with E-state index in [4.69, 9.17) is 35.7 Å². The lowest BCUT2D eigenvalue weighted by molar-refractivity contribution is 0.0456. The molecule has 31 heavy (non-hydrogen) atoms. The van der Waals surface area contributed by atoms with Crippen LogP contribution in [0.3, 0.4) is 0 Å². The topological polar surface area (TPSA) is 90.9 Å². The Hall–Kier alpha value is -0.102. The van der Waals surface area contributed by atoms with Gasteiger partial charge >= 0.3 is 23.5 Å². The van der Waals surface area contributed by atoms with Gasteiger partial charge in [0.15, 0.2) is 22.7 Å². The molecular weight excluding hydrogens is 473 g/mol. The van der Waals surface area contributed by atoms with Crippen molar-refractivity contribution in [2.45, 2.75) is 70.9 Å². The van der Waals surface area contributed by atoms with Crippen LogP contribution in [0.5, 0.6) is 0 Å². The lowest BCUT2D eigenvalue weighted by atomic mass is 10.4. The lowest BCUT2D eigenvalue weighted by Gasteiger charge is -2.41. The van der Waals surface area contributed by atoms with Crippen LogP contribution in [0, 0.1) is 0 Å². The van der Waals surface area contributed by atoms with E-state index in [2.05, 4.69) is 45.8 Å². The third-order valence-electron chi connectivity index (χ3n) is 3.94. The number of methoxy groups -OCH3 is 1. The van der Waals surface area contributed by atoms with Crippen LogP contribution in [-0.2, 0) is 35.7 Å². The molecule has 0 aromatic heterocycles. The Kier molecular flexibility index (Phi) is 11.6. The maximum absolute atomic E-state index is 11.0. The zero-order valence-corrected chi connectivity index (χ0v) is 24.7. The first kappa shape index (κ1) is 28.9. The van der Waals surface area contributed by atoms with Crippen molar-refractivity contribution in [3.8, 4) is 0 Å². The lowest BCUT2D eigenvalue weighted by Crippen LogP contribution is -2.59. The summed E-state index contributed by atoms with van der Waals surface area (Å²) in [6.07, 6.45) is -0.198. The predicted octanol–water partition coefficient (Wildman–Crippen LogP) is 3.95. The van der Waals surface area contributed by atoms with Gasteiger partial charge in [-0.15, -0.1) is 0 Å². The zero-order chi connectivity index (χ0) is 23.8. The fourth-order valence-electron chi connectivity index (χ4n) is 3.27. The van der Waals surface area contributed by atoms with Crippen molar-refractivity contribution < 1.29 is 40.5 Å². The Morgan fingerprint density at radius 3 is 2.06 bits per heavy atom. The Morgan fingerprint density at radius 2 is 1.55 bits per heavy atom. The molecule has 0 aromatic rings. The molecule has 1 aliphatic heterocycles. The summed E-state index contributed by atoms with van der Waals surface area (Å²) < 4.78 is 46.5. The molecule has 1 rings (SSSR count). The molecule has 0 saturated carbocycles. The summed E-state index contributed by atoms with van der Waals surface area (Å²) >= 11 is 0. The molecule has 0 aromatic carbocycles. The van der Waals surface area contributed by atoms with Gasteiger partial charge < -0.3 is 35.7 Å². The van der Waals surface area contributed by atoms with E-state index in [0.717, 1.165) is 12.5 Å². The highest BCUT2D eigenvalue weighted by molar-refractivity contribution is 6.88. The van der Waals surface area contributed by atoms with Gasteiger partial charge in [0.1, 0.15) is 6.61 Å². The quantitative estimate of drug-likeness (QED) is 0.172. The van der Waals surface area contributed by atoms with Crippen LogP contribution in [0.15, 0.2) is 0 Å². The first-order chi connectivity index (χ1) is 14.2. The van der Waals surface area contributed by atoms with Crippen LogP contribution in [0.1, 0.15) is 6.42 Å². The minimum atomic E-state index is -2.93. The second-order valence-corrected chi connectivity index (χ2v) is 25.5. The molecule has 0 aliphatic carbocycles. The Balaban J connectivity index is 2.73. The maximum Gasteiger partial charge on any atom is 0.508 e. The van der Waals surface area contributed by atoms with Crippen LogP contribution in [0.2, 0.25) is 58.4 Å². The molecule has 1 fully saturated rings. The fraction of sp³-hybridized carbons (Fsp3) is 0.944. The van der Waals surface area contributed by atoms with Gasteiger partial charge in [-0.25, -0.2) is 4.79 Å². The van der Waals surface area contributed by atoms with Gasteiger partial charge in [0, 0.05) is 20.3 Å². The first-order valence-electron chi connectivity index (χ1n) is 10.8. The van der Waals surface area contributed by atoms with Crippen molar-refractivity contribution in [3.63, 3.8) is 0 Å². The first-order valence-corrected chi connectivity index (χ1v) is 22.4. The molecule has 0 N–H and O–H groups in total. The summed E-state index contributed by atoms with van der Waals surface area (Å²) in [6, 6.07) is 0.753. The highest BCUT2D eigenvalue weighted by atomic mass is 28.5. The van der Waals surface area contributed by atoms with Crippen molar-refractivity contribution >= 4 is 40.2 Å². The molecule has 3 unspecified atom stereocenters. The second kappa shape index (κ2) is 12.4. The highest BCUT2D eigenvalue weighted by Gasteiger charge is 2.48. The van der Waals surface area contributed by atoms with Gasteiger partial charge in [0.2, 0.25) is 0 Å². The number of ether oxygens (including phenoxy) is 4. The van der Waals surface area contributed by atoms with E-state index in [0.29, 0.717) is 26.4 Å². The van der Waals surface area contributed by atoms with E-state index in [9.17, 15) is 4.79 Å². The number of carbonyl (C=O) groups is 1. The van der Waals surface area contributed by atoms with Crippen molar-refractivity contribution in [1.29, 1.82) is 0 Å². The molecule has 1 saturated heterocycles. The molecule has 0 radical (unpaired) electrons.